The van der Waals surface area contributed by atoms with Crippen LogP contribution in [0.2, 0.25) is 0 Å². The van der Waals surface area contributed by atoms with E-state index in [9.17, 15) is 9.59 Å². The van der Waals surface area contributed by atoms with Gasteiger partial charge in [-0.25, -0.2) is 0 Å². The number of nitrogen functional groups attached to an aromatic ring is 1. The van der Waals surface area contributed by atoms with Crippen molar-refractivity contribution in [3.63, 3.8) is 0 Å². The molecule has 1 saturated heterocycles. The summed E-state index contributed by atoms with van der Waals surface area (Å²) in [4.78, 5) is 28.2. The van der Waals surface area contributed by atoms with Crippen molar-refractivity contribution in [1.82, 2.24) is 10.2 Å². The molecule has 7 heteroatoms. The Morgan fingerprint density at radius 3 is 2.53 bits per heavy atom. The number of nitrogens with zero attached hydrogens (tertiary/aromatic N) is 1. The molecule has 2 amide bonds. The van der Waals surface area contributed by atoms with Gasteiger partial charge in [-0.3, -0.25) is 15.0 Å². The highest BCUT2D eigenvalue weighted by Gasteiger charge is 2.48. The molecule has 1 heterocycles. The van der Waals surface area contributed by atoms with Crippen LogP contribution in [0.25, 0.3) is 0 Å². The van der Waals surface area contributed by atoms with E-state index in [1.54, 1.807) is 12.1 Å². The van der Waals surface area contributed by atoms with E-state index in [1.807, 2.05) is 30.9 Å². The molecule has 3 rings (SSSR count). The van der Waals surface area contributed by atoms with Crippen LogP contribution >= 0.6 is 0 Å². The summed E-state index contributed by atoms with van der Waals surface area (Å²) in [6.45, 7) is 4.41. The Morgan fingerprint density at radius 2 is 1.90 bits per heavy atom. The number of amides is 2. The number of carbonyl (C=O) groups excluding carboxylic acids is 2. The summed E-state index contributed by atoms with van der Waals surface area (Å²) in [5.74, 6) is 0.307. The Hall–Kier alpha value is -2.41. The lowest BCUT2D eigenvalue weighted by molar-refractivity contribution is -0.142. The number of carbonyl (C=O) groups is 2. The van der Waals surface area contributed by atoms with Crippen LogP contribution in [0, 0.1) is 17.2 Å². The van der Waals surface area contributed by atoms with Crippen LogP contribution in [0.1, 0.15) is 63.5 Å². The molecular formula is C23H35N5O2. The second-order valence-electron chi connectivity index (χ2n) is 8.85. The fourth-order valence-electron chi connectivity index (χ4n) is 4.79. The summed E-state index contributed by atoms with van der Waals surface area (Å²) in [7, 11) is 0. The summed E-state index contributed by atoms with van der Waals surface area (Å²) >= 11 is 0. The molecular weight excluding hydrogens is 378 g/mol. The minimum Gasteiger partial charge on any atom is -0.384 e. The van der Waals surface area contributed by atoms with E-state index in [4.69, 9.17) is 16.9 Å². The van der Waals surface area contributed by atoms with Gasteiger partial charge in [0, 0.05) is 18.2 Å². The molecule has 0 radical (unpaired) electrons. The average molecular weight is 414 g/mol. The molecule has 7 nitrogen and oxygen atoms in total. The molecule has 1 aliphatic heterocycles. The highest BCUT2D eigenvalue weighted by atomic mass is 16.2. The zero-order chi connectivity index (χ0) is 21.8. The number of rotatable bonds is 7. The second-order valence-corrected chi connectivity index (χ2v) is 8.85. The lowest BCUT2D eigenvalue weighted by Crippen LogP contribution is -2.55. The highest BCUT2D eigenvalue weighted by Crippen LogP contribution is 2.40. The third kappa shape index (κ3) is 4.67. The van der Waals surface area contributed by atoms with Crippen molar-refractivity contribution >= 4 is 17.6 Å². The van der Waals surface area contributed by atoms with Crippen LogP contribution in [0.15, 0.2) is 24.3 Å². The van der Waals surface area contributed by atoms with Crippen molar-refractivity contribution in [1.29, 1.82) is 5.41 Å². The Labute approximate surface area is 179 Å². The molecule has 2 aliphatic rings. The third-order valence-corrected chi connectivity index (χ3v) is 6.92. The van der Waals surface area contributed by atoms with Gasteiger partial charge in [-0.15, -0.1) is 0 Å². The van der Waals surface area contributed by atoms with Crippen molar-refractivity contribution in [3.05, 3.63) is 35.4 Å². The second kappa shape index (κ2) is 9.60. The lowest BCUT2D eigenvalue weighted by atomic mass is 9.84. The predicted octanol–water partition coefficient (Wildman–Crippen LogP) is 2.12. The third-order valence-electron chi connectivity index (χ3n) is 6.92. The number of amidine groups is 1. The number of nitrogens with two attached hydrogens (primary N) is 2. The number of nitrogens with one attached hydrogen (secondary N) is 2. The van der Waals surface area contributed by atoms with Crippen LogP contribution in [-0.2, 0) is 16.1 Å². The van der Waals surface area contributed by atoms with Gasteiger partial charge in [0.05, 0.1) is 6.04 Å². The maximum absolute atomic E-state index is 13.3. The average Bonchev–Trinajstić information content (AvgIpc) is 3.15. The van der Waals surface area contributed by atoms with Crippen molar-refractivity contribution in [3.8, 4) is 0 Å². The molecule has 6 N–H and O–H groups in total. The van der Waals surface area contributed by atoms with E-state index in [0.29, 0.717) is 18.0 Å². The van der Waals surface area contributed by atoms with Gasteiger partial charge in [-0.2, -0.15) is 0 Å². The highest BCUT2D eigenvalue weighted by molar-refractivity contribution is 5.95. The first-order valence-corrected chi connectivity index (χ1v) is 11.1. The molecule has 0 spiro atoms. The van der Waals surface area contributed by atoms with Crippen LogP contribution in [0.5, 0.6) is 0 Å². The summed E-state index contributed by atoms with van der Waals surface area (Å²) < 4.78 is 0. The SMILES string of the molecule is CC[C@H](C)[C@@H](N)C(=O)N1[C@H](C(=O)NCc2ccc(C(=N)N)cc2)C[C@@H]2CCCC[C@@H]21. The van der Waals surface area contributed by atoms with Gasteiger partial charge in [0.2, 0.25) is 11.8 Å². The first-order valence-electron chi connectivity index (χ1n) is 11.1. The number of likely N-dealkylation sites (tertiary alicyclic amines) is 1. The molecule has 2 fully saturated rings. The van der Waals surface area contributed by atoms with Gasteiger partial charge in [0.25, 0.3) is 0 Å². The van der Waals surface area contributed by atoms with Gasteiger partial charge in [0.15, 0.2) is 0 Å². The van der Waals surface area contributed by atoms with E-state index in [1.165, 1.54) is 0 Å². The molecule has 5 atom stereocenters. The van der Waals surface area contributed by atoms with Crippen LogP contribution in [0.4, 0.5) is 0 Å². The van der Waals surface area contributed by atoms with Gasteiger partial charge in [-0.1, -0.05) is 57.4 Å². The predicted molar refractivity (Wildman–Crippen MR) is 118 cm³/mol. The maximum Gasteiger partial charge on any atom is 0.243 e. The summed E-state index contributed by atoms with van der Waals surface area (Å²) in [6.07, 6.45) is 5.85. The van der Waals surface area contributed by atoms with E-state index in [-0.39, 0.29) is 29.6 Å². The minimum absolute atomic E-state index is 0.0194. The largest absolute Gasteiger partial charge is 0.384 e. The van der Waals surface area contributed by atoms with E-state index in [2.05, 4.69) is 5.32 Å². The van der Waals surface area contributed by atoms with E-state index >= 15 is 0 Å². The van der Waals surface area contributed by atoms with Crippen molar-refractivity contribution in [2.45, 2.75) is 77.0 Å². The number of fused-ring (bicyclic) bond motifs is 1. The smallest absolute Gasteiger partial charge is 0.243 e. The zero-order valence-electron chi connectivity index (χ0n) is 18.1. The molecule has 0 bridgehead atoms. The van der Waals surface area contributed by atoms with E-state index < -0.39 is 12.1 Å². The van der Waals surface area contributed by atoms with Crippen molar-refractivity contribution in [2.24, 2.45) is 23.3 Å². The van der Waals surface area contributed by atoms with Crippen LogP contribution in [-0.4, -0.2) is 40.7 Å². The van der Waals surface area contributed by atoms with Crippen LogP contribution in [0.3, 0.4) is 0 Å². The maximum atomic E-state index is 13.3. The first kappa shape index (κ1) is 22.3. The fourth-order valence-corrected chi connectivity index (χ4v) is 4.79. The normalized spacial score (nSPS) is 25.3. The number of benzene rings is 1. The quantitative estimate of drug-likeness (QED) is 0.403. The standard InChI is InChI=1S/C23H35N5O2/c1-3-14(2)20(24)23(30)28-18-7-5-4-6-17(18)12-19(28)22(29)27-13-15-8-10-16(11-9-15)21(25)26/h8-11,14,17-20H,3-7,12-13,24H2,1-2H3,(H3,25,26)(H,27,29)/t14-,17-,18-,19-,20+/m0/s1. The zero-order valence-corrected chi connectivity index (χ0v) is 18.1. The number of hydrogen-bond donors (Lipinski definition) is 4. The summed E-state index contributed by atoms with van der Waals surface area (Å²) in [6, 6.07) is 6.37. The van der Waals surface area contributed by atoms with Crippen LogP contribution < -0.4 is 16.8 Å². The molecule has 1 saturated carbocycles. The molecule has 0 aromatic heterocycles. The van der Waals surface area contributed by atoms with Crippen molar-refractivity contribution in [2.75, 3.05) is 0 Å². The Bertz CT molecular complexity index is 778. The summed E-state index contributed by atoms with van der Waals surface area (Å²) in [5.41, 5.74) is 13.4. The molecule has 1 aromatic rings. The lowest BCUT2D eigenvalue weighted by Gasteiger charge is -2.36. The molecule has 1 aromatic carbocycles. The minimum atomic E-state index is -0.565. The fraction of sp³-hybridized carbons (Fsp3) is 0.609. The summed E-state index contributed by atoms with van der Waals surface area (Å²) in [5, 5.41) is 10.5. The molecule has 0 unspecified atom stereocenters. The van der Waals surface area contributed by atoms with E-state index in [0.717, 1.165) is 44.1 Å². The van der Waals surface area contributed by atoms with Gasteiger partial charge >= 0.3 is 0 Å². The van der Waals surface area contributed by atoms with Crippen molar-refractivity contribution < 1.29 is 9.59 Å². The Balaban J connectivity index is 1.71. The molecule has 30 heavy (non-hydrogen) atoms. The van der Waals surface area contributed by atoms with Gasteiger partial charge in [0.1, 0.15) is 11.9 Å². The number of hydrogen-bond acceptors (Lipinski definition) is 4. The monoisotopic (exact) mass is 413 g/mol. The van der Waals surface area contributed by atoms with Gasteiger partial charge in [-0.05, 0) is 36.7 Å². The molecule has 1 aliphatic carbocycles. The Morgan fingerprint density at radius 1 is 1.23 bits per heavy atom. The topological polar surface area (TPSA) is 125 Å². The molecule has 164 valence electrons. The first-order chi connectivity index (χ1) is 14.3. The Kier molecular flexibility index (Phi) is 7.13. The van der Waals surface area contributed by atoms with Gasteiger partial charge < -0.3 is 21.7 Å².